The predicted octanol–water partition coefficient (Wildman–Crippen LogP) is 1.86. The standard InChI is InChI=1S/C10H12O3/c1-2-3-7-4-10(13)8(6-11)5-9(7)12/h4-6,12-13H,2-3H2,1H3. The molecule has 0 atom stereocenters. The highest BCUT2D eigenvalue weighted by molar-refractivity contribution is 5.80. The molecule has 1 aromatic rings. The van der Waals surface area contributed by atoms with Crippen LogP contribution < -0.4 is 0 Å². The van der Waals surface area contributed by atoms with Crippen molar-refractivity contribution in [2.75, 3.05) is 0 Å². The van der Waals surface area contributed by atoms with Crippen LogP contribution in [0.1, 0.15) is 29.3 Å². The molecule has 0 aliphatic rings. The van der Waals surface area contributed by atoms with E-state index in [1.54, 1.807) is 0 Å². The average Bonchev–Trinajstić information content (AvgIpc) is 2.11. The molecular weight excluding hydrogens is 168 g/mol. The van der Waals surface area contributed by atoms with Crippen LogP contribution in [0.15, 0.2) is 12.1 Å². The van der Waals surface area contributed by atoms with Gasteiger partial charge in [0.15, 0.2) is 6.29 Å². The molecule has 0 saturated carbocycles. The Morgan fingerprint density at radius 3 is 2.54 bits per heavy atom. The molecule has 0 spiro atoms. The first-order valence-electron chi connectivity index (χ1n) is 4.19. The second-order valence-electron chi connectivity index (χ2n) is 2.91. The Morgan fingerprint density at radius 2 is 2.00 bits per heavy atom. The Kier molecular flexibility index (Phi) is 2.90. The van der Waals surface area contributed by atoms with Gasteiger partial charge in [-0.05, 0) is 24.1 Å². The Labute approximate surface area is 76.6 Å². The Bertz CT molecular complexity index is 318. The lowest BCUT2D eigenvalue weighted by Gasteiger charge is -2.05. The second kappa shape index (κ2) is 3.94. The lowest BCUT2D eigenvalue weighted by Crippen LogP contribution is -1.88. The van der Waals surface area contributed by atoms with E-state index in [1.807, 2.05) is 6.92 Å². The van der Waals surface area contributed by atoms with Crippen LogP contribution in [-0.4, -0.2) is 16.5 Å². The number of aryl methyl sites for hydroxylation is 1. The number of hydrogen-bond acceptors (Lipinski definition) is 3. The van der Waals surface area contributed by atoms with Crippen molar-refractivity contribution in [3.05, 3.63) is 23.3 Å². The summed E-state index contributed by atoms with van der Waals surface area (Å²) >= 11 is 0. The van der Waals surface area contributed by atoms with Crippen molar-refractivity contribution in [1.29, 1.82) is 0 Å². The molecule has 1 aromatic carbocycles. The lowest BCUT2D eigenvalue weighted by atomic mass is 10.1. The molecule has 13 heavy (non-hydrogen) atoms. The van der Waals surface area contributed by atoms with E-state index in [-0.39, 0.29) is 17.1 Å². The van der Waals surface area contributed by atoms with Crippen molar-refractivity contribution in [3.8, 4) is 11.5 Å². The Balaban J connectivity index is 3.12. The maximum Gasteiger partial charge on any atom is 0.153 e. The van der Waals surface area contributed by atoms with Gasteiger partial charge in [-0.25, -0.2) is 0 Å². The van der Waals surface area contributed by atoms with Crippen molar-refractivity contribution in [2.24, 2.45) is 0 Å². The average molecular weight is 180 g/mol. The highest BCUT2D eigenvalue weighted by Gasteiger charge is 2.06. The highest BCUT2D eigenvalue weighted by atomic mass is 16.3. The minimum absolute atomic E-state index is 0.0711. The van der Waals surface area contributed by atoms with Crippen LogP contribution in [0, 0.1) is 0 Å². The minimum Gasteiger partial charge on any atom is -0.508 e. The summed E-state index contributed by atoms with van der Waals surface area (Å²) in [5, 5.41) is 18.7. The molecule has 0 amide bonds. The normalized spacial score (nSPS) is 9.92. The first kappa shape index (κ1) is 9.58. The van der Waals surface area contributed by atoms with Crippen LogP contribution in [0.2, 0.25) is 0 Å². The number of aldehydes is 1. The van der Waals surface area contributed by atoms with Crippen LogP contribution in [-0.2, 0) is 6.42 Å². The van der Waals surface area contributed by atoms with Crippen molar-refractivity contribution in [3.63, 3.8) is 0 Å². The van der Waals surface area contributed by atoms with E-state index < -0.39 is 0 Å². The fourth-order valence-corrected chi connectivity index (χ4v) is 1.20. The number of carbonyl (C=O) groups excluding carboxylic acids is 1. The second-order valence-corrected chi connectivity index (χ2v) is 2.91. The third-order valence-electron chi connectivity index (χ3n) is 1.87. The smallest absolute Gasteiger partial charge is 0.153 e. The molecule has 0 fully saturated rings. The molecular formula is C10H12O3. The van der Waals surface area contributed by atoms with E-state index in [0.717, 1.165) is 6.42 Å². The largest absolute Gasteiger partial charge is 0.508 e. The van der Waals surface area contributed by atoms with Gasteiger partial charge in [0, 0.05) is 0 Å². The van der Waals surface area contributed by atoms with Gasteiger partial charge in [-0.3, -0.25) is 4.79 Å². The highest BCUT2D eigenvalue weighted by Crippen LogP contribution is 2.26. The summed E-state index contributed by atoms with van der Waals surface area (Å²) in [6.07, 6.45) is 2.09. The van der Waals surface area contributed by atoms with Crippen LogP contribution >= 0.6 is 0 Å². The first-order valence-corrected chi connectivity index (χ1v) is 4.19. The molecule has 0 aromatic heterocycles. The minimum atomic E-state index is -0.0729. The third-order valence-corrected chi connectivity index (χ3v) is 1.87. The molecule has 0 aliphatic carbocycles. The lowest BCUT2D eigenvalue weighted by molar-refractivity contribution is 0.112. The predicted molar refractivity (Wildman–Crippen MR) is 49.2 cm³/mol. The monoisotopic (exact) mass is 180 g/mol. The summed E-state index contributed by atoms with van der Waals surface area (Å²) < 4.78 is 0. The topological polar surface area (TPSA) is 57.5 Å². The molecule has 0 radical (unpaired) electrons. The molecule has 3 nitrogen and oxygen atoms in total. The van der Waals surface area contributed by atoms with Crippen LogP contribution in [0.4, 0.5) is 0 Å². The number of hydrogen-bond donors (Lipinski definition) is 2. The Hall–Kier alpha value is -1.51. The van der Waals surface area contributed by atoms with Gasteiger partial charge in [-0.1, -0.05) is 13.3 Å². The maximum absolute atomic E-state index is 10.4. The van der Waals surface area contributed by atoms with Gasteiger partial charge >= 0.3 is 0 Å². The van der Waals surface area contributed by atoms with E-state index in [0.29, 0.717) is 18.3 Å². The van der Waals surface area contributed by atoms with Gasteiger partial charge in [0.25, 0.3) is 0 Å². The summed E-state index contributed by atoms with van der Waals surface area (Å²) in [5.74, 6) is -0.00185. The molecule has 70 valence electrons. The van der Waals surface area contributed by atoms with E-state index in [1.165, 1.54) is 12.1 Å². The fraction of sp³-hybridized carbons (Fsp3) is 0.300. The zero-order valence-corrected chi connectivity index (χ0v) is 7.45. The van der Waals surface area contributed by atoms with Crippen molar-refractivity contribution < 1.29 is 15.0 Å². The van der Waals surface area contributed by atoms with Gasteiger partial charge in [0.2, 0.25) is 0 Å². The first-order chi connectivity index (χ1) is 6.19. The van der Waals surface area contributed by atoms with E-state index in [9.17, 15) is 15.0 Å². The van der Waals surface area contributed by atoms with Crippen LogP contribution in [0.5, 0.6) is 11.5 Å². The Morgan fingerprint density at radius 1 is 1.31 bits per heavy atom. The zero-order valence-electron chi connectivity index (χ0n) is 7.45. The maximum atomic E-state index is 10.4. The number of phenols is 2. The molecule has 2 N–H and O–H groups in total. The van der Waals surface area contributed by atoms with E-state index >= 15 is 0 Å². The zero-order chi connectivity index (χ0) is 9.84. The van der Waals surface area contributed by atoms with Crippen LogP contribution in [0.3, 0.4) is 0 Å². The SMILES string of the molecule is CCCc1cc(O)c(C=O)cc1O. The molecule has 0 aliphatic heterocycles. The summed E-state index contributed by atoms with van der Waals surface area (Å²) in [4.78, 5) is 10.4. The van der Waals surface area contributed by atoms with Gasteiger partial charge in [-0.2, -0.15) is 0 Å². The fourth-order valence-electron chi connectivity index (χ4n) is 1.20. The number of rotatable bonds is 3. The number of phenolic OH excluding ortho intramolecular Hbond substituents is 2. The molecule has 0 bridgehead atoms. The number of aromatic hydroxyl groups is 2. The van der Waals surface area contributed by atoms with Gasteiger partial charge < -0.3 is 10.2 Å². The molecule has 3 heteroatoms. The van der Waals surface area contributed by atoms with Gasteiger partial charge in [0.05, 0.1) is 5.56 Å². The quantitative estimate of drug-likeness (QED) is 0.551. The number of benzene rings is 1. The molecule has 0 heterocycles. The van der Waals surface area contributed by atoms with Gasteiger partial charge in [-0.15, -0.1) is 0 Å². The van der Waals surface area contributed by atoms with Crippen molar-refractivity contribution >= 4 is 6.29 Å². The summed E-state index contributed by atoms with van der Waals surface area (Å²) in [7, 11) is 0. The molecule has 1 rings (SSSR count). The summed E-state index contributed by atoms with van der Waals surface area (Å²) in [5.41, 5.74) is 0.794. The van der Waals surface area contributed by atoms with Crippen molar-refractivity contribution in [2.45, 2.75) is 19.8 Å². The van der Waals surface area contributed by atoms with E-state index in [2.05, 4.69) is 0 Å². The summed E-state index contributed by atoms with van der Waals surface area (Å²) in [6.45, 7) is 1.98. The van der Waals surface area contributed by atoms with Crippen molar-refractivity contribution in [1.82, 2.24) is 0 Å². The van der Waals surface area contributed by atoms with Crippen LogP contribution in [0.25, 0.3) is 0 Å². The molecule has 0 saturated heterocycles. The summed E-state index contributed by atoms with van der Waals surface area (Å²) in [6, 6.07) is 2.72. The number of carbonyl (C=O) groups is 1. The van der Waals surface area contributed by atoms with E-state index in [4.69, 9.17) is 0 Å². The van der Waals surface area contributed by atoms with Gasteiger partial charge in [0.1, 0.15) is 11.5 Å². The third kappa shape index (κ3) is 1.99. The molecule has 0 unspecified atom stereocenters.